The van der Waals surface area contributed by atoms with Crippen molar-refractivity contribution >= 4 is 17.0 Å². The molecule has 1 aromatic carbocycles. The minimum absolute atomic E-state index is 0.393. The van der Waals surface area contributed by atoms with Crippen LogP contribution in [0, 0.1) is 0 Å². The molecule has 0 aliphatic carbocycles. The number of nitrogens with zero attached hydrogens (tertiary/aromatic N) is 3. The van der Waals surface area contributed by atoms with Crippen molar-refractivity contribution in [2.75, 3.05) is 12.3 Å². The van der Waals surface area contributed by atoms with E-state index in [0.29, 0.717) is 29.4 Å². The number of nitrogens with two attached hydrogens (primary N) is 1. The fraction of sp³-hybridized carbons (Fsp3) is 0.154. The van der Waals surface area contributed by atoms with Crippen LogP contribution in [0.5, 0.6) is 5.75 Å². The molecule has 0 aliphatic rings. The molecular weight excluding hydrogens is 242 g/mol. The van der Waals surface area contributed by atoms with E-state index in [9.17, 15) is 0 Å². The summed E-state index contributed by atoms with van der Waals surface area (Å²) >= 11 is 0. The van der Waals surface area contributed by atoms with Gasteiger partial charge in [-0.15, -0.1) is 0 Å². The Labute approximate surface area is 109 Å². The maximum absolute atomic E-state index is 5.78. The summed E-state index contributed by atoms with van der Waals surface area (Å²) in [6.45, 7) is 2.58. The van der Waals surface area contributed by atoms with E-state index in [1.54, 1.807) is 0 Å². The van der Waals surface area contributed by atoms with E-state index in [1.165, 1.54) is 6.33 Å². The lowest BCUT2D eigenvalue weighted by Crippen LogP contribution is -1.92. The number of nitrogens with one attached hydrogen (secondary N) is 1. The average Bonchev–Trinajstić information content (AvgIpc) is 2.85. The zero-order valence-electron chi connectivity index (χ0n) is 10.4. The van der Waals surface area contributed by atoms with Gasteiger partial charge in [0.25, 0.3) is 0 Å². The third kappa shape index (κ3) is 2.08. The second kappa shape index (κ2) is 4.56. The number of rotatable bonds is 3. The number of hydrogen-bond acceptors (Lipinski definition) is 5. The summed E-state index contributed by atoms with van der Waals surface area (Å²) in [4.78, 5) is 15.5. The molecule has 0 saturated heterocycles. The first kappa shape index (κ1) is 11.5. The molecule has 0 radical (unpaired) electrons. The third-order valence-corrected chi connectivity index (χ3v) is 2.74. The van der Waals surface area contributed by atoms with Crippen LogP contribution in [0.15, 0.2) is 30.6 Å². The number of nitrogen functional groups attached to an aromatic ring is 1. The zero-order valence-corrected chi connectivity index (χ0v) is 10.4. The maximum Gasteiger partial charge on any atom is 0.183 e. The number of hydrogen-bond donors (Lipinski definition) is 2. The molecule has 0 atom stereocenters. The van der Waals surface area contributed by atoms with E-state index in [4.69, 9.17) is 10.5 Å². The van der Waals surface area contributed by atoms with Crippen LogP contribution in [0.25, 0.3) is 22.6 Å². The van der Waals surface area contributed by atoms with E-state index >= 15 is 0 Å². The summed E-state index contributed by atoms with van der Waals surface area (Å²) in [6.07, 6.45) is 1.40. The molecule has 19 heavy (non-hydrogen) atoms. The van der Waals surface area contributed by atoms with E-state index in [-0.39, 0.29) is 0 Å². The Hall–Kier alpha value is -2.63. The molecule has 6 nitrogen and oxygen atoms in total. The van der Waals surface area contributed by atoms with E-state index in [2.05, 4.69) is 19.9 Å². The van der Waals surface area contributed by atoms with Gasteiger partial charge in [0.1, 0.15) is 23.4 Å². The number of anilines is 1. The molecule has 3 aromatic rings. The van der Waals surface area contributed by atoms with Crippen LogP contribution in [-0.4, -0.2) is 26.5 Å². The Bertz CT molecular complexity index is 722. The van der Waals surface area contributed by atoms with Gasteiger partial charge in [0.05, 0.1) is 6.61 Å². The lowest BCUT2D eigenvalue weighted by molar-refractivity contribution is 0.340. The number of aromatic nitrogens is 4. The molecule has 96 valence electrons. The Balaban J connectivity index is 2.08. The van der Waals surface area contributed by atoms with Gasteiger partial charge in [-0.25, -0.2) is 15.0 Å². The Morgan fingerprint density at radius 1 is 1.32 bits per heavy atom. The molecule has 0 spiro atoms. The smallest absolute Gasteiger partial charge is 0.183 e. The van der Waals surface area contributed by atoms with Gasteiger partial charge in [-0.2, -0.15) is 0 Å². The normalized spacial score (nSPS) is 10.8. The van der Waals surface area contributed by atoms with Crippen LogP contribution < -0.4 is 10.5 Å². The number of H-pyrrole nitrogens is 1. The van der Waals surface area contributed by atoms with Crippen molar-refractivity contribution in [2.24, 2.45) is 0 Å². The maximum atomic E-state index is 5.78. The van der Waals surface area contributed by atoms with Crippen molar-refractivity contribution in [3.8, 4) is 17.1 Å². The second-order valence-corrected chi connectivity index (χ2v) is 4.00. The molecule has 0 bridgehead atoms. The van der Waals surface area contributed by atoms with E-state index < -0.39 is 0 Å². The van der Waals surface area contributed by atoms with Gasteiger partial charge >= 0.3 is 0 Å². The van der Waals surface area contributed by atoms with Gasteiger partial charge in [0.2, 0.25) is 0 Å². The molecular formula is C13H13N5O. The SMILES string of the molecule is CCOc1cccc(-c2nc3ncnc(N)c3[nH]2)c1. The first-order valence-electron chi connectivity index (χ1n) is 5.97. The molecule has 0 saturated carbocycles. The highest BCUT2D eigenvalue weighted by molar-refractivity contribution is 5.84. The molecule has 2 heterocycles. The number of ether oxygens (including phenoxy) is 1. The molecule has 0 fully saturated rings. The summed E-state index contributed by atoms with van der Waals surface area (Å²) in [5.74, 6) is 1.90. The summed E-state index contributed by atoms with van der Waals surface area (Å²) < 4.78 is 5.47. The lowest BCUT2D eigenvalue weighted by atomic mass is 10.2. The summed E-state index contributed by atoms with van der Waals surface area (Å²) in [5, 5.41) is 0. The highest BCUT2D eigenvalue weighted by atomic mass is 16.5. The average molecular weight is 255 g/mol. The highest BCUT2D eigenvalue weighted by Crippen LogP contribution is 2.24. The molecule has 0 amide bonds. The predicted octanol–water partition coefficient (Wildman–Crippen LogP) is 2.00. The molecule has 3 rings (SSSR count). The second-order valence-electron chi connectivity index (χ2n) is 4.00. The monoisotopic (exact) mass is 255 g/mol. The topological polar surface area (TPSA) is 89.7 Å². The van der Waals surface area contributed by atoms with Crippen LogP contribution in [0.2, 0.25) is 0 Å². The minimum Gasteiger partial charge on any atom is -0.494 e. The predicted molar refractivity (Wildman–Crippen MR) is 72.7 cm³/mol. The molecule has 3 N–H and O–H groups in total. The first-order valence-corrected chi connectivity index (χ1v) is 5.97. The summed E-state index contributed by atoms with van der Waals surface area (Å²) in [7, 11) is 0. The number of benzene rings is 1. The quantitative estimate of drug-likeness (QED) is 0.747. The molecule has 0 aliphatic heterocycles. The number of imidazole rings is 1. The summed E-state index contributed by atoms with van der Waals surface area (Å²) in [5.41, 5.74) is 7.91. The van der Waals surface area contributed by atoms with E-state index in [1.807, 2.05) is 31.2 Å². The van der Waals surface area contributed by atoms with Crippen LogP contribution in [-0.2, 0) is 0 Å². The standard InChI is InChI=1S/C13H13N5O/c1-2-19-9-5-3-4-8(6-9)12-17-10-11(14)15-7-16-13(10)18-12/h3-7H,2H2,1H3,(H3,14,15,16,17,18). The van der Waals surface area contributed by atoms with Gasteiger partial charge in [0.15, 0.2) is 11.5 Å². The fourth-order valence-electron chi connectivity index (χ4n) is 1.88. The van der Waals surface area contributed by atoms with E-state index in [0.717, 1.165) is 11.3 Å². The summed E-state index contributed by atoms with van der Waals surface area (Å²) in [6, 6.07) is 7.70. The Morgan fingerprint density at radius 2 is 2.21 bits per heavy atom. The zero-order chi connectivity index (χ0) is 13.2. The lowest BCUT2D eigenvalue weighted by Gasteiger charge is -2.03. The minimum atomic E-state index is 0.393. The Morgan fingerprint density at radius 3 is 3.00 bits per heavy atom. The van der Waals surface area contributed by atoms with Crippen LogP contribution >= 0.6 is 0 Å². The largest absolute Gasteiger partial charge is 0.494 e. The van der Waals surface area contributed by atoms with Gasteiger partial charge in [0, 0.05) is 5.56 Å². The van der Waals surface area contributed by atoms with Crippen LogP contribution in [0.4, 0.5) is 5.82 Å². The van der Waals surface area contributed by atoms with Crippen molar-refractivity contribution in [1.29, 1.82) is 0 Å². The van der Waals surface area contributed by atoms with Crippen molar-refractivity contribution < 1.29 is 4.74 Å². The van der Waals surface area contributed by atoms with Crippen molar-refractivity contribution in [3.05, 3.63) is 30.6 Å². The van der Waals surface area contributed by atoms with Gasteiger partial charge in [-0.05, 0) is 19.1 Å². The fourth-order valence-corrected chi connectivity index (χ4v) is 1.88. The van der Waals surface area contributed by atoms with Crippen molar-refractivity contribution in [1.82, 2.24) is 19.9 Å². The third-order valence-electron chi connectivity index (χ3n) is 2.74. The molecule has 0 unspecified atom stereocenters. The van der Waals surface area contributed by atoms with Crippen LogP contribution in [0.1, 0.15) is 6.92 Å². The number of aromatic amines is 1. The first-order chi connectivity index (χ1) is 9.28. The van der Waals surface area contributed by atoms with Crippen LogP contribution in [0.3, 0.4) is 0 Å². The van der Waals surface area contributed by atoms with Crippen molar-refractivity contribution in [3.63, 3.8) is 0 Å². The van der Waals surface area contributed by atoms with Gasteiger partial charge < -0.3 is 15.5 Å². The van der Waals surface area contributed by atoms with Gasteiger partial charge in [-0.1, -0.05) is 12.1 Å². The number of fused-ring (bicyclic) bond motifs is 1. The molecule has 6 heteroatoms. The highest BCUT2D eigenvalue weighted by Gasteiger charge is 2.09. The van der Waals surface area contributed by atoms with Gasteiger partial charge in [-0.3, -0.25) is 0 Å². The Kier molecular flexibility index (Phi) is 2.75. The van der Waals surface area contributed by atoms with Crippen molar-refractivity contribution in [2.45, 2.75) is 6.92 Å². The molecule has 2 aromatic heterocycles.